The van der Waals surface area contributed by atoms with Crippen LogP contribution < -0.4 is 20.1 Å². The molecule has 2 amide bonds. The molecule has 0 bridgehead atoms. The summed E-state index contributed by atoms with van der Waals surface area (Å²) in [4.78, 5) is 24.3. The fourth-order valence-electron chi connectivity index (χ4n) is 3.03. The maximum atomic E-state index is 12.2. The molecule has 32 heavy (non-hydrogen) atoms. The number of hydrogen-bond acceptors (Lipinski definition) is 4. The van der Waals surface area contributed by atoms with E-state index < -0.39 is 0 Å². The number of amides is 2. The van der Waals surface area contributed by atoms with E-state index in [9.17, 15) is 9.59 Å². The number of nitrogens with one attached hydrogen (secondary N) is 2. The molecule has 1 aliphatic rings. The molecule has 6 nitrogen and oxygen atoms in total. The van der Waals surface area contributed by atoms with Crippen LogP contribution in [0.15, 0.2) is 78.9 Å². The molecule has 0 aliphatic heterocycles. The van der Waals surface area contributed by atoms with Gasteiger partial charge in [-0.15, -0.1) is 0 Å². The molecule has 0 radical (unpaired) electrons. The van der Waals surface area contributed by atoms with Gasteiger partial charge in [0.25, 0.3) is 5.91 Å². The van der Waals surface area contributed by atoms with Crippen LogP contribution in [0.1, 0.15) is 28.8 Å². The van der Waals surface area contributed by atoms with Crippen LogP contribution in [0.2, 0.25) is 0 Å². The highest BCUT2D eigenvalue weighted by Crippen LogP contribution is 2.31. The van der Waals surface area contributed by atoms with E-state index in [1.165, 1.54) is 6.08 Å². The Kier molecular flexibility index (Phi) is 6.51. The molecule has 2 N–H and O–H groups in total. The third kappa shape index (κ3) is 5.76. The molecule has 1 fully saturated rings. The number of methoxy groups -OCH3 is 1. The number of para-hydroxylation sites is 2. The summed E-state index contributed by atoms with van der Waals surface area (Å²) < 4.78 is 11.1. The van der Waals surface area contributed by atoms with Crippen LogP contribution in [0.5, 0.6) is 17.2 Å². The number of ether oxygens (including phenoxy) is 2. The average molecular weight is 428 g/mol. The van der Waals surface area contributed by atoms with Gasteiger partial charge in [-0.1, -0.05) is 24.3 Å². The predicted molar refractivity (Wildman–Crippen MR) is 124 cm³/mol. The molecule has 0 atom stereocenters. The largest absolute Gasteiger partial charge is 0.493 e. The highest BCUT2D eigenvalue weighted by atomic mass is 16.5. The molecular formula is C26H24N2O4. The lowest BCUT2D eigenvalue weighted by Gasteiger charge is -2.10. The number of hydrogen-bond donors (Lipinski definition) is 2. The van der Waals surface area contributed by atoms with Crippen LogP contribution in [0.3, 0.4) is 0 Å². The Morgan fingerprint density at radius 1 is 0.906 bits per heavy atom. The monoisotopic (exact) mass is 428 g/mol. The second kappa shape index (κ2) is 9.83. The lowest BCUT2D eigenvalue weighted by Crippen LogP contribution is -2.25. The second-order valence-corrected chi connectivity index (χ2v) is 7.47. The van der Waals surface area contributed by atoms with E-state index in [1.807, 2.05) is 36.4 Å². The van der Waals surface area contributed by atoms with E-state index in [2.05, 4.69) is 10.6 Å². The first-order valence-electron chi connectivity index (χ1n) is 10.4. The predicted octanol–water partition coefficient (Wildman–Crippen LogP) is 5.03. The first kappa shape index (κ1) is 21.2. The second-order valence-electron chi connectivity index (χ2n) is 7.47. The first-order valence-corrected chi connectivity index (χ1v) is 10.4. The van der Waals surface area contributed by atoms with Crippen LogP contribution in [-0.2, 0) is 4.79 Å². The molecule has 162 valence electrons. The van der Waals surface area contributed by atoms with E-state index in [0.717, 1.165) is 18.4 Å². The Morgan fingerprint density at radius 3 is 2.25 bits per heavy atom. The summed E-state index contributed by atoms with van der Waals surface area (Å²) in [5.41, 5.74) is 2.11. The Labute approximate surface area is 186 Å². The first-order chi connectivity index (χ1) is 15.6. The average Bonchev–Trinajstić information content (AvgIpc) is 3.64. The third-order valence-corrected chi connectivity index (χ3v) is 4.93. The summed E-state index contributed by atoms with van der Waals surface area (Å²) in [6, 6.07) is 22.0. The van der Waals surface area contributed by atoms with Crippen molar-refractivity contribution < 1.29 is 19.1 Å². The van der Waals surface area contributed by atoms with Crippen molar-refractivity contribution in [2.24, 2.45) is 0 Å². The summed E-state index contributed by atoms with van der Waals surface area (Å²) >= 11 is 0. The minimum absolute atomic E-state index is 0.0566. The van der Waals surface area contributed by atoms with Gasteiger partial charge < -0.3 is 20.1 Å². The van der Waals surface area contributed by atoms with Crippen LogP contribution in [0, 0.1) is 0 Å². The zero-order valence-corrected chi connectivity index (χ0v) is 17.7. The molecule has 3 aromatic carbocycles. The van der Waals surface area contributed by atoms with Gasteiger partial charge in [0, 0.05) is 23.4 Å². The van der Waals surface area contributed by atoms with Gasteiger partial charge in [-0.05, 0) is 73.0 Å². The van der Waals surface area contributed by atoms with Gasteiger partial charge in [0.1, 0.15) is 5.75 Å². The molecule has 0 spiro atoms. The van der Waals surface area contributed by atoms with Crippen molar-refractivity contribution in [3.63, 3.8) is 0 Å². The summed E-state index contributed by atoms with van der Waals surface area (Å²) in [6.45, 7) is 0. The molecular weight excluding hydrogens is 404 g/mol. The van der Waals surface area contributed by atoms with Crippen molar-refractivity contribution in [1.29, 1.82) is 0 Å². The maximum absolute atomic E-state index is 12.2. The zero-order chi connectivity index (χ0) is 22.3. The number of carbonyl (C=O) groups excluding carboxylic acids is 2. The van der Waals surface area contributed by atoms with Gasteiger partial charge in [0.2, 0.25) is 5.91 Å². The molecule has 4 rings (SSSR count). The van der Waals surface area contributed by atoms with Gasteiger partial charge >= 0.3 is 0 Å². The van der Waals surface area contributed by atoms with Gasteiger partial charge in [0.15, 0.2) is 11.5 Å². The molecule has 0 unspecified atom stereocenters. The van der Waals surface area contributed by atoms with Crippen molar-refractivity contribution in [2.75, 3.05) is 12.4 Å². The van der Waals surface area contributed by atoms with Crippen molar-refractivity contribution in [3.8, 4) is 17.2 Å². The van der Waals surface area contributed by atoms with Crippen LogP contribution in [0.25, 0.3) is 6.08 Å². The highest BCUT2D eigenvalue weighted by Gasteiger charge is 2.23. The molecule has 1 aliphatic carbocycles. The van der Waals surface area contributed by atoms with Crippen molar-refractivity contribution in [3.05, 3.63) is 90.0 Å². The molecule has 0 saturated heterocycles. The number of rotatable bonds is 8. The topological polar surface area (TPSA) is 76.7 Å². The lowest BCUT2D eigenvalue weighted by molar-refractivity contribution is -0.111. The Balaban J connectivity index is 1.30. The van der Waals surface area contributed by atoms with Gasteiger partial charge in [-0.3, -0.25) is 9.59 Å². The minimum Gasteiger partial charge on any atom is -0.493 e. The Bertz CT molecular complexity index is 1120. The van der Waals surface area contributed by atoms with Crippen molar-refractivity contribution in [1.82, 2.24) is 5.32 Å². The normalized spacial score (nSPS) is 12.9. The Hall–Kier alpha value is -4.06. The van der Waals surface area contributed by atoms with Crippen molar-refractivity contribution in [2.45, 2.75) is 18.9 Å². The highest BCUT2D eigenvalue weighted by molar-refractivity contribution is 6.02. The summed E-state index contributed by atoms with van der Waals surface area (Å²) in [6.07, 6.45) is 5.27. The maximum Gasteiger partial charge on any atom is 0.251 e. The van der Waals surface area contributed by atoms with E-state index in [-0.39, 0.29) is 11.8 Å². The van der Waals surface area contributed by atoms with E-state index in [4.69, 9.17) is 9.47 Å². The van der Waals surface area contributed by atoms with Crippen LogP contribution in [0.4, 0.5) is 5.69 Å². The zero-order valence-electron chi connectivity index (χ0n) is 17.7. The van der Waals surface area contributed by atoms with E-state index in [0.29, 0.717) is 34.5 Å². The quantitative estimate of drug-likeness (QED) is 0.493. The van der Waals surface area contributed by atoms with Crippen molar-refractivity contribution >= 4 is 23.6 Å². The van der Waals surface area contributed by atoms with E-state index >= 15 is 0 Å². The summed E-state index contributed by atoms with van der Waals surface area (Å²) in [5.74, 6) is 1.59. The fourth-order valence-corrected chi connectivity index (χ4v) is 3.03. The number of carbonyl (C=O) groups is 2. The van der Waals surface area contributed by atoms with Gasteiger partial charge in [0.05, 0.1) is 7.11 Å². The third-order valence-electron chi connectivity index (χ3n) is 4.93. The molecule has 0 heterocycles. The molecule has 6 heteroatoms. The minimum atomic E-state index is -0.251. The summed E-state index contributed by atoms with van der Waals surface area (Å²) in [7, 11) is 1.59. The number of benzene rings is 3. The van der Waals surface area contributed by atoms with Gasteiger partial charge in [-0.2, -0.15) is 0 Å². The van der Waals surface area contributed by atoms with Crippen LogP contribution >= 0.6 is 0 Å². The molecule has 3 aromatic rings. The van der Waals surface area contributed by atoms with E-state index in [1.54, 1.807) is 49.6 Å². The number of anilines is 1. The smallest absolute Gasteiger partial charge is 0.251 e. The standard InChI is InChI=1S/C26H24N2O4/c1-31-23-4-2-3-5-24(23)32-22-15-13-20(14-16-22)27-25(29)17-8-18-6-9-19(10-7-18)26(30)28-21-11-12-21/h2-10,13-17,21H,11-12H2,1H3,(H,27,29)(H,28,30)/b17-8+. The molecule has 0 aromatic heterocycles. The van der Waals surface area contributed by atoms with Gasteiger partial charge in [-0.25, -0.2) is 0 Å². The lowest BCUT2D eigenvalue weighted by atomic mass is 10.1. The molecule has 1 saturated carbocycles. The SMILES string of the molecule is COc1ccccc1Oc1ccc(NC(=O)/C=C/c2ccc(C(=O)NC3CC3)cc2)cc1. The summed E-state index contributed by atoms with van der Waals surface area (Å²) in [5, 5.41) is 5.77. The Morgan fingerprint density at radius 2 is 1.59 bits per heavy atom. The fraction of sp³-hybridized carbons (Fsp3) is 0.154. The van der Waals surface area contributed by atoms with Crippen LogP contribution in [-0.4, -0.2) is 25.0 Å².